The summed E-state index contributed by atoms with van der Waals surface area (Å²) in [6.07, 6.45) is 1.93. The molecule has 0 saturated carbocycles. The zero-order valence-corrected chi connectivity index (χ0v) is 15.3. The van der Waals surface area contributed by atoms with Gasteiger partial charge < -0.3 is 5.32 Å². The SMILES string of the molecule is CSc1ccc(S(=O)(=O)N(C)CC(=O)N[C@H](C)C(C)C)cc1. The predicted molar refractivity (Wildman–Crippen MR) is 90.5 cm³/mol. The van der Waals surface area contributed by atoms with E-state index < -0.39 is 10.0 Å². The van der Waals surface area contributed by atoms with Crippen LogP contribution in [0.4, 0.5) is 0 Å². The highest BCUT2D eigenvalue weighted by molar-refractivity contribution is 7.98. The maximum Gasteiger partial charge on any atom is 0.243 e. The normalized spacial score (nSPS) is 13.4. The van der Waals surface area contributed by atoms with Crippen LogP contribution in [0.5, 0.6) is 0 Å². The van der Waals surface area contributed by atoms with Crippen LogP contribution in [0.25, 0.3) is 0 Å². The summed E-state index contributed by atoms with van der Waals surface area (Å²) in [4.78, 5) is 13.1. The minimum atomic E-state index is -3.65. The van der Waals surface area contributed by atoms with Crippen LogP contribution in [-0.2, 0) is 14.8 Å². The second kappa shape index (κ2) is 7.99. The molecule has 1 aromatic carbocycles. The largest absolute Gasteiger partial charge is 0.352 e. The topological polar surface area (TPSA) is 66.5 Å². The number of benzene rings is 1. The summed E-state index contributed by atoms with van der Waals surface area (Å²) in [5, 5.41) is 2.80. The van der Waals surface area contributed by atoms with Crippen molar-refractivity contribution >= 4 is 27.7 Å². The van der Waals surface area contributed by atoms with E-state index in [0.717, 1.165) is 9.20 Å². The van der Waals surface area contributed by atoms with Crippen LogP contribution in [0, 0.1) is 5.92 Å². The lowest BCUT2D eigenvalue weighted by Crippen LogP contribution is -2.43. The first-order chi connectivity index (χ1) is 10.2. The second-order valence-corrected chi connectivity index (χ2v) is 8.46. The maximum atomic E-state index is 12.4. The average molecular weight is 345 g/mol. The number of nitrogens with one attached hydrogen (secondary N) is 1. The minimum absolute atomic E-state index is 0.00414. The lowest BCUT2D eigenvalue weighted by atomic mass is 10.1. The van der Waals surface area contributed by atoms with Gasteiger partial charge in [-0.15, -0.1) is 11.8 Å². The Morgan fingerprint density at radius 2 is 1.77 bits per heavy atom. The molecule has 1 rings (SSSR count). The van der Waals surface area contributed by atoms with E-state index in [2.05, 4.69) is 5.32 Å². The lowest BCUT2D eigenvalue weighted by Gasteiger charge is -2.21. The van der Waals surface area contributed by atoms with E-state index >= 15 is 0 Å². The molecule has 0 aromatic heterocycles. The molecular weight excluding hydrogens is 320 g/mol. The van der Waals surface area contributed by atoms with Gasteiger partial charge in [-0.1, -0.05) is 13.8 Å². The molecule has 0 saturated heterocycles. The van der Waals surface area contributed by atoms with Gasteiger partial charge in [0.25, 0.3) is 0 Å². The number of thioether (sulfide) groups is 1. The highest BCUT2D eigenvalue weighted by Gasteiger charge is 2.23. The van der Waals surface area contributed by atoms with Crippen molar-refractivity contribution in [1.29, 1.82) is 0 Å². The van der Waals surface area contributed by atoms with Crippen molar-refractivity contribution in [3.05, 3.63) is 24.3 Å². The molecule has 0 fully saturated rings. The minimum Gasteiger partial charge on any atom is -0.352 e. The van der Waals surface area contributed by atoms with Gasteiger partial charge in [0.2, 0.25) is 15.9 Å². The van der Waals surface area contributed by atoms with Gasteiger partial charge in [-0.05, 0) is 43.4 Å². The fraction of sp³-hybridized carbons (Fsp3) is 0.533. The summed E-state index contributed by atoms with van der Waals surface area (Å²) >= 11 is 1.54. The first kappa shape index (κ1) is 19.0. The van der Waals surface area contributed by atoms with Gasteiger partial charge in [0.15, 0.2) is 0 Å². The van der Waals surface area contributed by atoms with Crippen LogP contribution in [0.1, 0.15) is 20.8 Å². The molecule has 0 aliphatic carbocycles. The Morgan fingerprint density at radius 3 is 2.23 bits per heavy atom. The molecule has 1 amide bonds. The van der Waals surface area contributed by atoms with Crippen LogP contribution in [-0.4, -0.2) is 44.5 Å². The summed E-state index contributed by atoms with van der Waals surface area (Å²) in [6.45, 7) is 5.71. The standard InChI is InChI=1S/C15H24N2O3S2/c1-11(2)12(3)16-15(18)10-17(4)22(19,20)14-8-6-13(21-5)7-9-14/h6-9,11-12H,10H2,1-5H3,(H,16,18)/t12-/m1/s1. The lowest BCUT2D eigenvalue weighted by molar-refractivity contribution is -0.122. The molecule has 7 heteroatoms. The summed E-state index contributed by atoms with van der Waals surface area (Å²) in [7, 11) is -2.24. The molecule has 0 spiro atoms. The number of carbonyl (C=O) groups is 1. The molecule has 0 heterocycles. The van der Waals surface area contributed by atoms with Crippen molar-refractivity contribution in [2.45, 2.75) is 36.6 Å². The Morgan fingerprint density at radius 1 is 1.23 bits per heavy atom. The van der Waals surface area contributed by atoms with Crippen LogP contribution in [0.3, 0.4) is 0 Å². The van der Waals surface area contributed by atoms with Gasteiger partial charge >= 0.3 is 0 Å². The molecule has 0 radical (unpaired) electrons. The van der Waals surface area contributed by atoms with Crippen molar-refractivity contribution < 1.29 is 13.2 Å². The van der Waals surface area contributed by atoms with Crippen molar-refractivity contribution in [3.8, 4) is 0 Å². The molecule has 0 unspecified atom stereocenters. The zero-order chi connectivity index (χ0) is 16.9. The monoisotopic (exact) mass is 344 g/mol. The summed E-state index contributed by atoms with van der Waals surface area (Å²) < 4.78 is 25.9. The maximum absolute atomic E-state index is 12.4. The van der Waals surface area contributed by atoms with Gasteiger partial charge in [0, 0.05) is 18.0 Å². The molecule has 0 aliphatic rings. The Hall–Kier alpha value is -1.05. The van der Waals surface area contributed by atoms with E-state index in [-0.39, 0.29) is 23.4 Å². The van der Waals surface area contributed by atoms with Crippen LogP contribution in [0.15, 0.2) is 34.1 Å². The summed E-state index contributed by atoms with van der Waals surface area (Å²) in [6, 6.07) is 6.64. The Bertz CT molecular complexity index is 598. The predicted octanol–water partition coefficient (Wildman–Crippen LogP) is 2.19. The first-order valence-electron chi connectivity index (χ1n) is 7.08. The van der Waals surface area contributed by atoms with Gasteiger partial charge in [-0.2, -0.15) is 4.31 Å². The number of hydrogen-bond donors (Lipinski definition) is 1. The van der Waals surface area contributed by atoms with Crippen LogP contribution in [0.2, 0.25) is 0 Å². The number of likely N-dealkylation sites (N-methyl/N-ethyl adjacent to an activating group) is 1. The third kappa shape index (κ3) is 5.00. The fourth-order valence-electron chi connectivity index (χ4n) is 1.68. The average Bonchev–Trinajstić information content (AvgIpc) is 2.46. The quantitative estimate of drug-likeness (QED) is 0.770. The number of nitrogens with zero attached hydrogens (tertiary/aromatic N) is 1. The van der Waals surface area contributed by atoms with E-state index in [9.17, 15) is 13.2 Å². The van der Waals surface area contributed by atoms with Crippen LogP contribution >= 0.6 is 11.8 Å². The molecular formula is C15H24N2O3S2. The van der Waals surface area contributed by atoms with E-state index in [1.54, 1.807) is 36.0 Å². The van der Waals surface area contributed by atoms with Crippen LogP contribution < -0.4 is 5.32 Å². The zero-order valence-electron chi connectivity index (χ0n) is 13.7. The van der Waals surface area contributed by atoms with Crippen molar-refractivity contribution in [2.75, 3.05) is 19.8 Å². The summed E-state index contributed by atoms with van der Waals surface area (Å²) in [5.41, 5.74) is 0. The van der Waals surface area contributed by atoms with E-state index in [4.69, 9.17) is 0 Å². The van der Waals surface area contributed by atoms with Gasteiger partial charge in [0.1, 0.15) is 0 Å². The highest BCUT2D eigenvalue weighted by Crippen LogP contribution is 2.19. The molecule has 0 aliphatic heterocycles. The second-order valence-electron chi connectivity index (χ2n) is 5.54. The van der Waals surface area contributed by atoms with Crippen molar-refractivity contribution in [3.63, 3.8) is 0 Å². The third-order valence-electron chi connectivity index (χ3n) is 3.52. The first-order valence-corrected chi connectivity index (χ1v) is 9.74. The molecule has 1 atom stereocenters. The Labute approximate surface area is 137 Å². The van der Waals surface area contributed by atoms with E-state index in [1.165, 1.54) is 7.05 Å². The third-order valence-corrected chi connectivity index (χ3v) is 6.08. The molecule has 0 bridgehead atoms. The number of amides is 1. The van der Waals surface area contributed by atoms with E-state index in [1.807, 2.05) is 27.0 Å². The Kier molecular flexibility index (Phi) is 6.90. The van der Waals surface area contributed by atoms with E-state index in [0.29, 0.717) is 5.92 Å². The fourth-order valence-corrected chi connectivity index (χ4v) is 3.22. The van der Waals surface area contributed by atoms with Gasteiger partial charge in [-0.3, -0.25) is 4.79 Å². The molecule has 124 valence electrons. The number of rotatable bonds is 7. The number of carbonyl (C=O) groups excluding carboxylic acids is 1. The van der Waals surface area contributed by atoms with Gasteiger partial charge in [0.05, 0.1) is 11.4 Å². The molecule has 1 N–H and O–H groups in total. The highest BCUT2D eigenvalue weighted by atomic mass is 32.2. The molecule has 1 aromatic rings. The number of hydrogen-bond acceptors (Lipinski definition) is 4. The number of sulfonamides is 1. The molecule has 5 nitrogen and oxygen atoms in total. The molecule has 22 heavy (non-hydrogen) atoms. The van der Waals surface area contributed by atoms with Crippen molar-refractivity contribution in [2.24, 2.45) is 5.92 Å². The van der Waals surface area contributed by atoms with Gasteiger partial charge in [-0.25, -0.2) is 8.42 Å². The summed E-state index contributed by atoms with van der Waals surface area (Å²) in [5.74, 6) is -0.00189. The van der Waals surface area contributed by atoms with Crippen molar-refractivity contribution in [1.82, 2.24) is 9.62 Å². The smallest absolute Gasteiger partial charge is 0.243 e. The Balaban J connectivity index is 2.77.